The molecule has 1 heterocycles. The first-order valence-corrected chi connectivity index (χ1v) is 9.15. The third kappa shape index (κ3) is 4.23. The lowest BCUT2D eigenvalue weighted by atomic mass is 10.1. The number of thiocarbonyl (C=S) groups is 1. The number of hydrogen-bond acceptors (Lipinski definition) is 3. The molecule has 4 nitrogen and oxygen atoms in total. The first kappa shape index (κ1) is 17.5. The number of methoxy groups -OCH3 is 1. The summed E-state index contributed by atoms with van der Waals surface area (Å²) in [6, 6.07) is 16.6. The molecule has 0 radical (unpaired) electrons. The smallest absolute Gasteiger partial charge is 0.173 e. The number of rotatable bonds is 4. The van der Waals surface area contributed by atoms with Crippen molar-refractivity contribution in [3.05, 3.63) is 54.1 Å². The quantitative estimate of drug-likeness (QED) is 0.843. The van der Waals surface area contributed by atoms with Gasteiger partial charge in [-0.05, 0) is 54.5 Å². The van der Waals surface area contributed by atoms with Crippen LogP contribution in [0.25, 0.3) is 0 Å². The molecule has 2 aromatic carbocycles. The lowest BCUT2D eigenvalue weighted by Gasteiger charge is -2.37. The van der Waals surface area contributed by atoms with Gasteiger partial charge in [-0.1, -0.05) is 25.1 Å². The topological polar surface area (TPSA) is 27.7 Å². The summed E-state index contributed by atoms with van der Waals surface area (Å²) in [6.45, 7) is 5.93. The van der Waals surface area contributed by atoms with Crippen LogP contribution in [0.3, 0.4) is 0 Å². The molecule has 0 bridgehead atoms. The van der Waals surface area contributed by atoms with Gasteiger partial charge in [0.1, 0.15) is 5.75 Å². The van der Waals surface area contributed by atoms with Crippen LogP contribution in [0.2, 0.25) is 0 Å². The fourth-order valence-corrected chi connectivity index (χ4v) is 3.40. The number of hydrogen-bond donors (Lipinski definition) is 1. The predicted molar refractivity (Wildman–Crippen MR) is 109 cm³/mol. The Hall–Kier alpha value is -2.27. The van der Waals surface area contributed by atoms with Gasteiger partial charge in [-0.3, -0.25) is 0 Å². The maximum atomic E-state index is 5.63. The number of piperazine rings is 1. The Labute approximate surface area is 155 Å². The highest BCUT2D eigenvalue weighted by molar-refractivity contribution is 7.80. The van der Waals surface area contributed by atoms with Crippen molar-refractivity contribution in [3.8, 4) is 5.75 Å². The lowest BCUT2D eigenvalue weighted by Crippen LogP contribution is -2.50. The van der Waals surface area contributed by atoms with Crippen LogP contribution in [-0.4, -0.2) is 43.3 Å². The van der Waals surface area contributed by atoms with Crippen molar-refractivity contribution in [1.29, 1.82) is 0 Å². The van der Waals surface area contributed by atoms with Crippen LogP contribution in [0.4, 0.5) is 11.4 Å². The number of nitrogens with zero attached hydrogens (tertiary/aromatic N) is 2. The molecule has 3 rings (SSSR count). The van der Waals surface area contributed by atoms with Crippen molar-refractivity contribution in [2.75, 3.05) is 43.5 Å². The average molecular weight is 356 g/mol. The van der Waals surface area contributed by atoms with Gasteiger partial charge in [0.05, 0.1) is 7.11 Å². The number of anilines is 2. The Morgan fingerprint density at radius 1 is 1.04 bits per heavy atom. The van der Waals surface area contributed by atoms with Gasteiger partial charge in [0.2, 0.25) is 0 Å². The molecular weight excluding hydrogens is 330 g/mol. The molecule has 1 N–H and O–H groups in total. The summed E-state index contributed by atoms with van der Waals surface area (Å²) in [5, 5.41) is 4.24. The summed E-state index contributed by atoms with van der Waals surface area (Å²) in [7, 11) is 1.69. The Bertz CT molecular complexity index is 709. The van der Waals surface area contributed by atoms with Gasteiger partial charge in [0, 0.05) is 37.6 Å². The molecule has 132 valence electrons. The van der Waals surface area contributed by atoms with E-state index < -0.39 is 0 Å². The zero-order valence-electron chi connectivity index (χ0n) is 14.9. The van der Waals surface area contributed by atoms with E-state index in [4.69, 9.17) is 17.0 Å². The van der Waals surface area contributed by atoms with E-state index in [9.17, 15) is 0 Å². The van der Waals surface area contributed by atoms with Gasteiger partial charge in [-0.15, -0.1) is 0 Å². The fourth-order valence-electron chi connectivity index (χ4n) is 3.11. The Kier molecular flexibility index (Phi) is 5.76. The van der Waals surface area contributed by atoms with E-state index in [1.54, 1.807) is 7.11 Å². The fraction of sp³-hybridized carbons (Fsp3) is 0.350. The molecule has 1 saturated heterocycles. The SMILES string of the molecule is CCc1ccccc1NC(=S)N1CCN(c2ccc(OC)cc2)CC1. The molecule has 0 aliphatic carbocycles. The van der Waals surface area contributed by atoms with Crippen LogP contribution in [-0.2, 0) is 6.42 Å². The molecular formula is C20H25N3OS. The van der Waals surface area contributed by atoms with E-state index in [1.165, 1.54) is 11.3 Å². The average Bonchev–Trinajstić information content (AvgIpc) is 2.68. The minimum absolute atomic E-state index is 0.815. The number of nitrogens with one attached hydrogen (secondary N) is 1. The van der Waals surface area contributed by atoms with Gasteiger partial charge in [0.25, 0.3) is 0 Å². The van der Waals surface area contributed by atoms with E-state index in [0.29, 0.717) is 0 Å². The van der Waals surface area contributed by atoms with E-state index in [1.807, 2.05) is 18.2 Å². The van der Waals surface area contributed by atoms with Crippen LogP contribution in [0.15, 0.2) is 48.5 Å². The van der Waals surface area contributed by atoms with Crippen LogP contribution in [0.1, 0.15) is 12.5 Å². The molecule has 0 amide bonds. The largest absolute Gasteiger partial charge is 0.497 e. The normalized spacial score (nSPS) is 14.3. The molecule has 25 heavy (non-hydrogen) atoms. The highest BCUT2D eigenvalue weighted by Crippen LogP contribution is 2.21. The zero-order valence-corrected chi connectivity index (χ0v) is 15.7. The Morgan fingerprint density at radius 3 is 2.36 bits per heavy atom. The maximum Gasteiger partial charge on any atom is 0.173 e. The maximum absolute atomic E-state index is 5.63. The van der Waals surface area contributed by atoms with Gasteiger partial charge in [-0.25, -0.2) is 0 Å². The molecule has 0 spiro atoms. The Balaban J connectivity index is 1.57. The third-order valence-corrected chi connectivity index (χ3v) is 5.00. The second-order valence-electron chi connectivity index (χ2n) is 6.11. The minimum atomic E-state index is 0.815. The highest BCUT2D eigenvalue weighted by Gasteiger charge is 2.19. The van der Waals surface area contributed by atoms with Gasteiger partial charge < -0.3 is 19.9 Å². The minimum Gasteiger partial charge on any atom is -0.497 e. The number of para-hydroxylation sites is 1. The van der Waals surface area contributed by atoms with Crippen molar-refractivity contribution in [1.82, 2.24) is 4.90 Å². The molecule has 0 atom stereocenters. The van der Waals surface area contributed by atoms with E-state index in [-0.39, 0.29) is 0 Å². The second-order valence-corrected chi connectivity index (χ2v) is 6.50. The molecule has 1 fully saturated rings. The third-order valence-electron chi connectivity index (χ3n) is 4.64. The number of benzene rings is 2. The molecule has 1 aliphatic heterocycles. The van der Waals surface area contributed by atoms with Gasteiger partial charge in [-0.2, -0.15) is 0 Å². The summed E-state index contributed by atoms with van der Waals surface area (Å²) in [5.74, 6) is 0.891. The lowest BCUT2D eigenvalue weighted by molar-refractivity contribution is 0.390. The zero-order chi connectivity index (χ0) is 17.6. The van der Waals surface area contributed by atoms with E-state index in [2.05, 4.69) is 52.4 Å². The van der Waals surface area contributed by atoms with Crippen molar-refractivity contribution in [3.63, 3.8) is 0 Å². The Morgan fingerprint density at radius 2 is 1.72 bits per heavy atom. The highest BCUT2D eigenvalue weighted by atomic mass is 32.1. The number of aryl methyl sites for hydroxylation is 1. The summed E-state index contributed by atoms with van der Waals surface area (Å²) < 4.78 is 5.23. The standard InChI is InChI=1S/C20H25N3OS/c1-3-16-6-4-5-7-19(16)21-20(25)23-14-12-22(13-15-23)17-8-10-18(24-2)11-9-17/h4-11H,3,12-15H2,1-2H3,(H,21,25). The summed E-state index contributed by atoms with van der Waals surface area (Å²) in [4.78, 5) is 4.64. The van der Waals surface area contributed by atoms with Gasteiger partial charge in [0.15, 0.2) is 5.11 Å². The van der Waals surface area contributed by atoms with Crippen LogP contribution < -0.4 is 15.0 Å². The second kappa shape index (κ2) is 8.21. The van der Waals surface area contributed by atoms with E-state index in [0.717, 1.165) is 49.1 Å². The molecule has 1 aliphatic rings. The van der Waals surface area contributed by atoms with Crippen LogP contribution in [0, 0.1) is 0 Å². The van der Waals surface area contributed by atoms with Crippen molar-refractivity contribution in [2.45, 2.75) is 13.3 Å². The molecule has 0 saturated carbocycles. The summed E-state index contributed by atoms with van der Waals surface area (Å²) >= 11 is 5.63. The summed E-state index contributed by atoms with van der Waals surface area (Å²) in [5.41, 5.74) is 3.64. The van der Waals surface area contributed by atoms with Crippen molar-refractivity contribution >= 4 is 28.7 Å². The molecule has 0 aromatic heterocycles. The number of ether oxygens (including phenoxy) is 1. The first-order chi connectivity index (χ1) is 12.2. The van der Waals surface area contributed by atoms with Crippen molar-refractivity contribution in [2.24, 2.45) is 0 Å². The van der Waals surface area contributed by atoms with Gasteiger partial charge >= 0.3 is 0 Å². The molecule has 5 heteroatoms. The van der Waals surface area contributed by atoms with Crippen LogP contribution in [0.5, 0.6) is 5.75 Å². The summed E-state index contributed by atoms with van der Waals surface area (Å²) in [6.07, 6.45) is 0.997. The van der Waals surface area contributed by atoms with E-state index >= 15 is 0 Å². The van der Waals surface area contributed by atoms with Crippen molar-refractivity contribution < 1.29 is 4.74 Å². The molecule has 2 aromatic rings. The molecule has 0 unspecified atom stereocenters. The first-order valence-electron chi connectivity index (χ1n) is 8.74. The predicted octanol–water partition coefficient (Wildman–Crippen LogP) is 3.78. The van der Waals surface area contributed by atoms with Crippen LogP contribution >= 0.6 is 12.2 Å². The monoisotopic (exact) mass is 355 g/mol.